The molecule has 1 aliphatic rings. The zero-order valence-electron chi connectivity index (χ0n) is 7.87. The Morgan fingerprint density at radius 2 is 2.50 bits per heavy atom. The molecule has 4 heteroatoms. The van der Waals surface area contributed by atoms with Gasteiger partial charge in [0.15, 0.2) is 0 Å². The third-order valence-electron chi connectivity index (χ3n) is 2.26. The number of ether oxygens (including phenoxy) is 1. The molecule has 76 valence electrons. The standard InChI is InChI=1S/C10H13BrN2O/c11-8-3-4-10(12-6-8)13-7-9-2-1-5-14-9/h3-4,6,9H,1-2,5,7H2,(H,12,13)/t9-/m0/s1. The fourth-order valence-corrected chi connectivity index (χ4v) is 1.74. The van der Waals surface area contributed by atoms with E-state index in [0.29, 0.717) is 6.10 Å². The van der Waals surface area contributed by atoms with Gasteiger partial charge in [-0.05, 0) is 40.9 Å². The van der Waals surface area contributed by atoms with E-state index in [1.54, 1.807) is 6.20 Å². The molecule has 1 aromatic rings. The van der Waals surface area contributed by atoms with Gasteiger partial charge in [-0.1, -0.05) is 0 Å². The second kappa shape index (κ2) is 4.75. The number of nitrogens with one attached hydrogen (secondary N) is 1. The lowest BCUT2D eigenvalue weighted by atomic mass is 10.2. The van der Waals surface area contributed by atoms with Crippen molar-refractivity contribution in [2.45, 2.75) is 18.9 Å². The van der Waals surface area contributed by atoms with Crippen LogP contribution in [0.4, 0.5) is 5.82 Å². The van der Waals surface area contributed by atoms with Gasteiger partial charge < -0.3 is 10.1 Å². The van der Waals surface area contributed by atoms with E-state index in [-0.39, 0.29) is 0 Å². The topological polar surface area (TPSA) is 34.1 Å². The highest BCUT2D eigenvalue weighted by molar-refractivity contribution is 9.10. The smallest absolute Gasteiger partial charge is 0.126 e. The van der Waals surface area contributed by atoms with Crippen LogP contribution in [-0.2, 0) is 4.74 Å². The molecule has 1 fully saturated rings. The van der Waals surface area contributed by atoms with Gasteiger partial charge >= 0.3 is 0 Å². The van der Waals surface area contributed by atoms with Crippen molar-refractivity contribution >= 4 is 21.7 Å². The summed E-state index contributed by atoms with van der Waals surface area (Å²) in [4.78, 5) is 4.23. The Kier molecular flexibility index (Phi) is 3.37. The van der Waals surface area contributed by atoms with Gasteiger partial charge in [-0.25, -0.2) is 4.98 Å². The number of hydrogen-bond donors (Lipinski definition) is 1. The fourth-order valence-electron chi connectivity index (χ4n) is 1.50. The van der Waals surface area contributed by atoms with Gasteiger partial charge in [-0.3, -0.25) is 0 Å². The van der Waals surface area contributed by atoms with E-state index in [4.69, 9.17) is 4.74 Å². The van der Waals surface area contributed by atoms with E-state index in [1.807, 2.05) is 12.1 Å². The maximum atomic E-state index is 5.50. The predicted molar refractivity (Wildman–Crippen MR) is 59.4 cm³/mol. The Labute approximate surface area is 92.0 Å². The van der Waals surface area contributed by atoms with Crippen LogP contribution in [0.2, 0.25) is 0 Å². The number of nitrogens with zero attached hydrogens (tertiary/aromatic N) is 1. The van der Waals surface area contributed by atoms with Gasteiger partial charge in [0.25, 0.3) is 0 Å². The van der Waals surface area contributed by atoms with Crippen molar-refractivity contribution in [3.05, 3.63) is 22.8 Å². The van der Waals surface area contributed by atoms with Gasteiger partial charge in [0.1, 0.15) is 5.82 Å². The van der Waals surface area contributed by atoms with Gasteiger partial charge in [0, 0.05) is 23.8 Å². The van der Waals surface area contributed by atoms with Crippen LogP contribution >= 0.6 is 15.9 Å². The highest BCUT2D eigenvalue weighted by Gasteiger charge is 2.14. The Balaban J connectivity index is 1.82. The quantitative estimate of drug-likeness (QED) is 0.903. The molecule has 2 rings (SSSR count). The molecule has 1 aromatic heterocycles. The highest BCUT2D eigenvalue weighted by atomic mass is 79.9. The third-order valence-corrected chi connectivity index (χ3v) is 2.73. The minimum atomic E-state index is 0.362. The summed E-state index contributed by atoms with van der Waals surface area (Å²) in [6, 6.07) is 3.93. The van der Waals surface area contributed by atoms with Crippen molar-refractivity contribution in [1.82, 2.24) is 4.98 Å². The number of hydrogen-bond acceptors (Lipinski definition) is 3. The van der Waals surface area contributed by atoms with Crippen molar-refractivity contribution in [2.24, 2.45) is 0 Å². The summed E-state index contributed by atoms with van der Waals surface area (Å²) in [5.74, 6) is 0.906. The summed E-state index contributed by atoms with van der Waals surface area (Å²) in [5, 5.41) is 3.26. The van der Waals surface area contributed by atoms with Crippen LogP contribution in [0.3, 0.4) is 0 Å². The van der Waals surface area contributed by atoms with Gasteiger partial charge in [-0.15, -0.1) is 0 Å². The zero-order chi connectivity index (χ0) is 9.80. The summed E-state index contributed by atoms with van der Waals surface area (Å²) < 4.78 is 6.50. The molecule has 14 heavy (non-hydrogen) atoms. The summed E-state index contributed by atoms with van der Waals surface area (Å²) >= 11 is 3.35. The van der Waals surface area contributed by atoms with E-state index in [2.05, 4.69) is 26.2 Å². The van der Waals surface area contributed by atoms with Crippen molar-refractivity contribution in [3.63, 3.8) is 0 Å². The molecular formula is C10H13BrN2O. The normalized spacial score (nSPS) is 21.1. The van der Waals surface area contributed by atoms with Crippen molar-refractivity contribution in [3.8, 4) is 0 Å². The summed E-state index contributed by atoms with van der Waals surface area (Å²) in [5.41, 5.74) is 0. The van der Waals surface area contributed by atoms with E-state index in [1.165, 1.54) is 6.42 Å². The first-order valence-corrected chi connectivity index (χ1v) is 5.61. The van der Waals surface area contributed by atoms with Crippen molar-refractivity contribution in [1.29, 1.82) is 0 Å². The second-order valence-corrected chi connectivity index (χ2v) is 4.29. The van der Waals surface area contributed by atoms with Crippen molar-refractivity contribution < 1.29 is 4.74 Å². The fraction of sp³-hybridized carbons (Fsp3) is 0.500. The Morgan fingerprint density at radius 1 is 1.57 bits per heavy atom. The van der Waals surface area contributed by atoms with E-state index in [0.717, 1.165) is 29.9 Å². The van der Waals surface area contributed by atoms with Crippen LogP contribution in [0.5, 0.6) is 0 Å². The number of rotatable bonds is 3. The molecule has 1 N–H and O–H groups in total. The second-order valence-electron chi connectivity index (χ2n) is 3.38. The molecule has 0 radical (unpaired) electrons. The maximum absolute atomic E-state index is 5.50. The summed E-state index contributed by atoms with van der Waals surface area (Å²) in [6.45, 7) is 1.76. The first-order valence-electron chi connectivity index (χ1n) is 4.81. The molecule has 0 spiro atoms. The average Bonchev–Trinajstić information content (AvgIpc) is 2.70. The van der Waals surface area contributed by atoms with Gasteiger partial charge in [0.2, 0.25) is 0 Å². The molecule has 0 aliphatic carbocycles. The molecule has 1 atom stereocenters. The lowest BCUT2D eigenvalue weighted by molar-refractivity contribution is 0.120. The number of aromatic nitrogens is 1. The largest absolute Gasteiger partial charge is 0.376 e. The monoisotopic (exact) mass is 256 g/mol. The molecule has 0 unspecified atom stereocenters. The zero-order valence-corrected chi connectivity index (χ0v) is 9.46. The Bertz CT molecular complexity index is 283. The molecule has 3 nitrogen and oxygen atoms in total. The van der Waals surface area contributed by atoms with E-state index < -0.39 is 0 Å². The van der Waals surface area contributed by atoms with Gasteiger partial charge in [-0.2, -0.15) is 0 Å². The lowest BCUT2D eigenvalue weighted by Gasteiger charge is -2.10. The minimum absolute atomic E-state index is 0.362. The Hall–Kier alpha value is -0.610. The molecule has 0 aromatic carbocycles. The molecule has 2 heterocycles. The lowest BCUT2D eigenvalue weighted by Crippen LogP contribution is -2.18. The van der Waals surface area contributed by atoms with Crippen LogP contribution in [-0.4, -0.2) is 24.2 Å². The SMILES string of the molecule is Brc1ccc(NC[C@@H]2CCCO2)nc1. The summed E-state index contributed by atoms with van der Waals surface area (Å²) in [7, 11) is 0. The van der Waals surface area contributed by atoms with E-state index in [9.17, 15) is 0 Å². The van der Waals surface area contributed by atoms with E-state index >= 15 is 0 Å². The molecule has 0 saturated carbocycles. The third kappa shape index (κ3) is 2.69. The highest BCUT2D eigenvalue weighted by Crippen LogP contribution is 2.14. The number of anilines is 1. The molecular weight excluding hydrogens is 244 g/mol. The average molecular weight is 257 g/mol. The molecule has 1 aliphatic heterocycles. The number of pyridine rings is 1. The minimum Gasteiger partial charge on any atom is -0.376 e. The predicted octanol–water partition coefficient (Wildman–Crippen LogP) is 2.44. The molecule has 0 amide bonds. The number of halogens is 1. The first kappa shape index (κ1) is 9.93. The van der Waals surface area contributed by atoms with Crippen LogP contribution < -0.4 is 5.32 Å². The Morgan fingerprint density at radius 3 is 3.14 bits per heavy atom. The van der Waals surface area contributed by atoms with Crippen LogP contribution in [0, 0.1) is 0 Å². The molecule has 0 bridgehead atoms. The maximum Gasteiger partial charge on any atom is 0.126 e. The van der Waals surface area contributed by atoms with Crippen LogP contribution in [0.15, 0.2) is 22.8 Å². The van der Waals surface area contributed by atoms with Gasteiger partial charge in [0.05, 0.1) is 6.10 Å². The first-order chi connectivity index (χ1) is 6.84. The van der Waals surface area contributed by atoms with Crippen molar-refractivity contribution in [2.75, 3.05) is 18.5 Å². The van der Waals surface area contributed by atoms with Crippen LogP contribution in [0.25, 0.3) is 0 Å². The summed E-state index contributed by atoms with van der Waals surface area (Å²) in [6.07, 6.45) is 4.49. The molecule has 1 saturated heterocycles. The van der Waals surface area contributed by atoms with Crippen LogP contribution in [0.1, 0.15) is 12.8 Å².